The first-order chi connectivity index (χ1) is 9.70. The fourth-order valence-electron chi connectivity index (χ4n) is 3.84. The summed E-state index contributed by atoms with van der Waals surface area (Å²) in [5, 5.41) is 8.80. The summed E-state index contributed by atoms with van der Waals surface area (Å²) >= 11 is 0. The number of fused-ring (bicyclic) bond motifs is 5. The summed E-state index contributed by atoms with van der Waals surface area (Å²) in [6, 6.07) is 8.65. The third-order valence-electron chi connectivity index (χ3n) is 4.72. The minimum absolute atomic E-state index is 0.0819. The molecule has 3 aliphatic rings. The number of amides is 2. The van der Waals surface area contributed by atoms with Crippen molar-refractivity contribution in [3.63, 3.8) is 0 Å². The van der Waals surface area contributed by atoms with E-state index >= 15 is 0 Å². The van der Waals surface area contributed by atoms with Crippen molar-refractivity contribution in [3.8, 4) is 6.07 Å². The van der Waals surface area contributed by atoms with Gasteiger partial charge in [-0.05, 0) is 42.5 Å². The van der Waals surface area contributed by atoms with E-state index in [2.05, 4.69) is 12.2 Å². The van der Waals surface area contributed by atoms with Crippen LogP contribution < -0.4 is 4.90 Å². The molecule has 20 heavy (non-hydrogen) atoms. The molecule has 1 aromatic rings. The predicted octanol–water partition coefficient (Wildman–Crippen LogP) is 1.87. The predicted molar refractivity (Wildman–Crippen MR) is 71.4 cm³/mol. The van der Waals surface area contributed by atoms with Crippen LogP contribution in [0.15, 0.2) is 36.4 Å². The second-order valence-corrected chi connectivity index (χ2v) is 5.67. The molecule has 0 N–H and O–H groups in total. The highest BCUT2D eigenvalue weighted by Gasteiger charge is 2.59. The number of hydrogen-bond acceptors (Lipinski definition) is 3. The maximum Gasteiger partial charge on any atom is 0.238 e. The first-order valence-corrected chi connectivity index (χ1v) is 6.77. The first-order valence-electron chi connectivity index (χ1n) is 6.77. The van der Waals surface area contributed by atoms with Gasteiger partial charge in [-0.1, -0.05) is 12.2 Å². The van der Waals surface area contributed by atoms with Crippen LogP contribution in [0.3, 0.4) is 0 Å². The zero-order chi connectivity index (χ0) is 13.9. The molecule has 2 amide bonds. The van der Waals surface area contributed by atoms with Crippen molar-refractivity contribution in [1.29, 1.82) is 5.26 Å². The molecule has 2 bridgehead atoms. The molecule has 0 spiro atoms. The quantitative estimate of drug-likeness (QED) is 0.574. The maximum atomic E-state index is 12.5. The number of benzene rings is 1. The van der Waals surface area contributed by atoms with Gasteiger partial charge in [-0.25, -0.2) is 0 Å². The van der Waals surface area contributed by atoms with E-state index in [-0.39, 0.29) is 35.5 Å². The molecule has 1 aromatic carbocycles. The normalized spacial score (nSPS) is 33.6. The van der Waals surface area contributed by atoms with Gasteiger partial charge in [0.2, 0.25) is 11.8 Å². The van der Waals surface area contributed by atoms with Crippen molar-refractivity contribution in [1.82, 2.24) is 0 Å². The number of hydrogen-bond donors (Lipinski definition) is 0. The molecule has 2 fully saturated rings. The Hall–Kier alpha value is -2.41. The van der Waals surface area contributed by atoms with Crippen LogP contribution in [0.5, 0.6) is 0 Å². The van der Waals surface area contributed by atoms with Crippen LogP contribution in [0.25, 0.3) is 0 Å². The van der Waals surface area contributed by atoms with Gasteiger partial charge >= 0.3 is 0 Å². The number of carbonyl (C=O) groups is 2. The molecule has 4 nitrogen and oxygen atoms in total. The van der Waals surface area contributed by atoms with Gasteiger partial charge in [-0.2, -0.15) is 5.26 Å². The van der Waals surface area contributed by atoms with Crippen LogP contribution in [0.4, 0.5) is 5.69 Å². The van der Waals surface area contributed by atoms with Gasteiger partial charge in [-0.15, -0.1) is 0 Å². The SMILES string of the molecule is N#Cc1ccc(N2C(=O)[C@@H]3[C@@H](C2=O)[C@@H]2C=C[C@@H]3C2)cc1. The summed E-state index contributed by atoms with van der Waals surface area (Å²) < 4.78 is 0. The fraction of sp³-hybridized carbons (Fsp3) is 0.312. The highest BCUT2D eigenvalue weighted by atomic mass is 16.2. The Labute approximate surface area is 116 Å². The molecule has 1 heterocycles. The van der Waals surface area contributed by atoms with Crippen LogP contribution in [0, 0.1) is 35.0 Å². The van der Waals surface area contributed by atoms with Gasteiger partial charge in [0.25, 0.3) is 0 Å². The zero-order valence-electron chi connectivity index (χ0n) is 10.7. The van der Waals surface area contributed by atoms with Crippen molar-refractivity contribution in [2.75, 3.05) is 4.90 Å². The number of nitrogens with zero attached hydrogens (tertiary/aromatic N) is 2. The monoisotopic (exact) mass is 264 g/mol. The standard InChI is InChI=1S/C16H12N2O2/c17-8-9-1-5-12(6-2-9)18-15(19)13-10-3-4-11(7-10)14(13)16(18)20/h1-6,10-11,13-14H,7H2/t10-,11-,13+,14+/m1/s1. The zero-order valence-corrected chi connectivity index (χ0v) is 10.7. The Bertz CT molecular complexity index is 653. The van der Waals surface area contributed by atoms with Gasteiger partial charge in [0.15, 0.2) is 0 Å². The van der Waals surface area contributed by atoms with Gasteiger partial charge in [-0.3, -0.25) is 14.5 Å². The van der Waals surface area contributed by atoms with E-state index in [4.69, 9.17) is 5.26 Å². The van der Waals surface area contributed by atoms with Crippen LogP contribution in [-0.4, -0.2) is 11.8 Å². The lowest BCUT2D eigenvalue weighted by atomic mass is 9.85. The Morgan fingerprint density at radius 1 is 1.00 bits per heavy atom. The molecular formula is C16H12N2O2. The number of carbonyl (C=O) groups excluding carboxylic acids is 2. The molecule has 98 valence electrons. The summed E-state index contributed by atoms with van der Waals surface area (Å²) in [5.41, 5.74) is 1.10. The molecule has 1 saturated carbocycles. The Kier molecular flexibility index (Phi) is 2.17. The molecule has 4 heteroatoms. The number of rotatable bonds is 1. The van der Waals surface area contributed by atoms with Crippen molar-refractivity contribution < 1.29 is 9.59 Å². The van der Waals surface area contributed by atoms with E-state index in [0.717, 1.165) is 6.42 Å². The summed E-state index contributed by atoms with van der Waals surface area (Å²) in [6.45, 7) is 0. The number of allylic oxidation sites excluding steroid dienone is 2. The van der Waals surface area contributed by atoms with E-state index in [1.54, 1.807) is 24.3 Å². The average molecular weight is 264 g/mol. The smallest absolute Gasteiger partial charge is 0.238 e. The average Bonchev–Trinajstić information content (AvgIpc) is 3.14. The van der Waals surface area contributed by atoms with E-state index in [1.807, 2.05) is 6.07 Å². The number of anilines is 1. The molecular weight excluding hydrogens is 252 g/mol. The van der Waals surface area contributed by atoms with Crippen LogP contribution in [-0.2, 0) is 9.59 Å². The molecule has 0 unspecified atom stereocenters. The van der Waals surface area contributed by atoms with Gasteiger partial charge < -0.3 is 0 Å². The second-order valence-electron chi connectivity index (χ2n) is 5.67. The summed E-state index contributed by atoms with van der Waals surface area (Å²) in [7, 11) is 0. The lowest BCUT2D eigenvalue weighted by Crippen LogP contribution is -2.32. The molecule has 4 atom stereocenters. The third-order valence-corrected chi connectivity index (χ3v) is 4.72. The molecule has 4 rings (SSSR count). The van der Waals surface area contributed by atoms with Crippen molar-refractivity contribution in [3.05, 3.63) is 42.0 Å². The second kappa shape index (κ2) is 3.80. The van der Waals surface area contributed by atoms with Gasteiger partial charge in [0, 0.05) is 0 Å². The topological polar surface area (TPSA) is 61.2 Å². The molecule has 0 aromatic heterocycles. The van der Waals surface area contributed by atoms with Crippen LogP contribution in [0.2, 0.25) is 0 Å². The molecule has 1 aliphatic heterocycles. The van der Waals surface area contributed by atoms with Gasteiger partial charge in [0.05, 0.1) is 29.2 Å². The maximum absolute atomic E-state index is 12.5. The summed E-state index contributed by atoms with van der Waals surface area (Å²) in [5.74, 6) is -0.0564. The summed E-state index contributed by atoms with van der Waals surface area (Å²) in [4.78, 5) is 26.4. The van der Waals surface area contributed by atoms with Crippen LogP contribution in [0.1, 0.15) is 12.0 Å². The number of imide groups is 1. The largest absolute Gasteiger partial charge is 0.274 e. The van der Waals surface area contributed by atoms with E-state index in [1.165, 1.54) is 4.90 Å². The van der Waals surface area contributed by atoms with Gasteiger partial charge in [0.1, 0.15) is 0 Å². The number of nitriles is 1. The lowest BCUT2D eigenvalue weighted by molar-refractivity contribution is -0.123. The van der Waals surface area contributed by atoms with Crippen LogP contribution >= 0.6 is 0 Å². The van der Waals surface area contributed by atoms with E-state index in [0.29, 0.717) is 11.3 Å². The minimum Gasteiger partial charge on any atom is -0.274 e. The summed E-state index contributed by atoms with van der Waals surface area (Å²) in [6.07, 6.45) is 5.10. The molecule has 0 radical (unpaired) electrons. The van der Waals surface area contributed by atoms with Crippen molar-refractivity contribution in [2.24, 2.45) is 23.7 Å². The van der Waals surface area contributed by atoms with Crippen molar-refractivity contribution in [2.45, 2.75) is 6.42 Å². The van der Waals surface area contributed by atoms with E-state index in [9.17, 15) is 9.59 Å². The Morgan fingerprint density at radius 3 is 2.05 bits per heavy atom. The fourth-order valence-corrected chi connectivity index (χ4v) is 3.84. The Morgan fingerprint density at radius 2 is 1.55 bits per heavy atom. The molecule has 1 saturated heterocycles. The first kappa shape index (κ1) is 11.4. The third kappa shape index (κ3) is 1.30. The lowest BCUT2D eigenvalue weighted by Gasteiger charge is -2.17. The highest BCUT2D eigenvalue weighted by Crippen LogP contribution is 2.53. The van der Waals surface area contributed by atoms with Crippen molar-refractivity contribution >= 4 is 17.5 Å². The Balaban J connectivity index is 1.72. The van der Waals surface area contributed by atoms with E-state index < -0.39 is 0 Å². The minimum atomic E-state index is -0.173. The molecule has 2 aliphatic carbocycles. The highest BCUT2D eigenvalue weighted by molar-refractivity contribution is 6.22.